The van der Waals surface area contributed by atoms with E-state index in [0.29, 0.717) is 0 Å². The number of hydrogen-bond acceptors (Lipinski definition) is 4. The predicted octanol–water partition coefficient (Wildman–Crippen LogP) is 2.99. The van der Waals surface area contributed by atoms with Gasteiger partial charge in [-0.1, -0.05) is 76.6 Å². The molecule has 2 N–H and O–H groups in total. The van der Waals surface area contributed by atoms with Gasteiger partial charge in [0.15, 0.2) is 5.69 Å². The van der Waals surface area contributed by atoms with Crippen LogP contribution >= 0.6 is 15.9 Å². The molecule has 3 aromatic carbocycles. The molecule has 7 heteroatoms. The van der Waals surface area contributed by atoms with Crippen molar-refractivity contribution in [2.24, 2.45) is 11.8 Å². The Hall–Kier alpha value is -2.84. The van der Waals surface area contributed by atoms with Gasteiger partial charge in [-0.25, -0.2) is 10.1 Å². The van der Waals surface area contributed by atoms with E-state index in [1.165, 1.54) is 12.1 Å². The quantitative estimate of drug-likeness (QED) is 0.338. The Morgan fingerprint density at radius 1 is 0.871 bits per heavy atom. The number of imide groups is 1. The van der Waals surface area contributed by atoms with E-state index in [9.17, 15) is 20.0 Å². The van der Waals surface area contributed by atoms with E-state index in [4.69, 9.17) is 0 Å². The molecule has 3 atom stereocenters. The van der Waals surface area contributed by atoms with Crippen molar-refractivity contribution in [3.63, 3.8) is 0 Å². The van der Waals surface area contributed by atoms with Crippen LogP contribution in [0.5, 0.6) is 0 Å². The Bertz CT molecular complexity index is 1230. The summed E-state index contributed by atoms with van der Waals surface area (Å²) in [7, 11) is 0. The molecule has 1 fully saturated rings. The summed E-state index contributed by atoms with van der Waals surface area (Å²) >= 11 is 3.94. The third-order valence-corrected chi connectivity index (χ3v) is 8.24. The number of benzene rings is 3. The summed E-state index contributed by atoms with van der Waals surface area (Å²) in [5, 5.41) is 20.3. The number of halogens is 1. The fraction of sp³-hybridized carbons (Fsp3) is 0.167. The summed E-state index contributed by atoms with van der Waals surface area (Å²) in [4.78, 5) is 28.7. The zero-order chi connectivity index (χ0) is 21.5. The van der Waals surface area contributed by atoms with Crippen molar-refractivity contribution >= 4 is 39.1 Å². The average molecular weight is 477 g/mol. The van der Waals surface area contributed by atoms with Crippen molar-refractivity contribution in [2.75, 3.05) is 4.90 Å². The second kappa shape index (κ2) is 6.34. The number of anilines is 1. The highest BCUT2D eigenvalue weighted by atomic mass is 79.9. The largest absolute Gasteiger partial charge is 0.595 e. The van der Waals surface area contributed by atoms with E-state index in [-0.39, 0.29) is 29.1 Å². The molecule has 0 aromatic heterocycles. The third kappa shape index (κ3) is 2.21. The Balaban J connectivity index is 1.61. The molecular weight excluding hydrogens is 460 g/mol. The molecule has 3 aliphatic carbocycles. The van der Waals surface area contributed by atoms with Crippen LogP contribution in [0.4, 0.5) is 11.4 Å². The van der Waals surface area contributed by atoms with Gasteiger partial charge in [0.2, 0.25) is 11.8 Å². The standard InChI is InChI=1S/C24H17BrN2O4/c25-24-15-9-3-1-7-13(15)19(14-8-2-4-10-16(14)24)20-21(24)23(29)26(22(20)28)17-11-5-6-12-18(17)27(30)31/h1-12,19-21,27,30H/t19?,20-,21-,24?/m1/s1. The second-order valence-electron chi connectivity index (χ2n) is 8.20. The first-order valence-corrected chi connectivity index (χ1v) is 10.8. The molecule has 2 amide bonds. The molecule has 4 aliphatic rings. The molecule has 6 nitrogen and oxygen atoms in total. The van der Waals surface area contributed by atoms with Gasteiger partial charge in [0.05, 0.1) is 16.2 Å². The summed E-state index contributed by atoms with van der Waals surface area (Å²) in [5.41, 5.74) is 4.13. The fourth-order valence-corrected chi connectivity index (χ4v) is 6.97. The molecule has 31 heavy (non-hydrogen) atoms. The molecule has 1 saturated heterocycles. The Morgan fingerprint density at radius 2 is 1.42 bits per heavy atom. The molecule has 0 saturated carbocycles. The Labute approximate surface area is 186 Å². The lowest BCUT2D eigenvalue weighted by Crippen LogP contribution is -2.99. The first-order valence-electron chi connectivity index (χ1n) is 10.0. The molecule has 0 radical (unpaired) electrons. The molecular formula is C24H17BrN2O4. The number of amides is 2. The number of alkyl halides is 1. The van der Waals surface area contributed by atoms with E-state index >= 15 is 0 Å². The molecule has 1 heterocycles. The summed E-state index contributed by atoms with van der Waals surface area (Å²) < 4.78 is -0.848. The third-order valence-electron chi connectivity index (χ3n) is 6.89. The smallest absolute Gasteiger partial charge is 0.240 e. The fourth-order valence-electron chi connectivity index (χ4n) is 5.77. The van der Waals surface area contributed by atoms with E-state index in [2.05, 4.69) is 15.9 Å². The van der Waals surface area contributed by atoms with Crippen LogP contribution in [-0.4, -0.2) is 17.0 Å². The maximum absolute atomic E-state index is 13.8. The lowest BCUT2D eigenvalue weighted by molar-refractivity contribution is -0.990. The van der Waals surface area contributed by atoms with Crippen LogP contribution in [-0.2, 0) is 13.9 Å². The number of para-hydroxylation sites is 2. The number of nitrogens with one attached hydrogen (secondary N) is 1. The molecule has 7 rings (SSSR count). The van der Waals surface area contributed by atoms with Crippen molar-refractivity contribution in [3.05, 3.63) is 100 Å². The van der Waals surface area contributed by atoms with Gasteiger partial charge in [-0.05, 0) is 28.3 Å². The lowest BCUT2D eigenvalue weighted by Gasteiger charge is -2.51. The summed E-state index contributed by atoms with van der Waals surface area (Å²) in [6.45, 7) is 0. The molecule has 0 spiro atoms. The van der Waals surface area contributed by atoms with Crippen molar-refractivity contribution in [1.29, 1.82) is 0 Å². The van der Waals surface area contributed by atoms with Gasteiger partial charge in [0.25, 0.3) is 0 Å². The maximum atomic E-state index is 13.8. The highest BCUT2D eigenvalue weighted by Crippen LogP contribution is 2.66. The lowest BCUT2D eigenvalue weighted by atomic mass is 9.55. The minimum atomic E-state index is -1.17. The maximum Gasteiger partial charge on any atom is 0.240 e. The zero-order valence-corrected chi connectivity index (χ0v) is 17.7. The number of carbonyl (C=O) groups excluding carboxylic acids is 2. The SMILES string of the molecule is O=C1[C@@H]2C3c4ccccc4C(Br)(c4ccccc43)[C@H]2C(=O)N1c1ccccc1[NH+]([O-])O. The van der Waals surface area contributed by atoms with Gasteiger partial charge in [0.1, 0.15) is 5.69 Å². The van der Waals surface area contributed by atoms with Crippen molar-refractivity contribution in [2.45, 2.75) is 10.2 Å². The summed E-state index contributed by atoms with van der Waals surface area (Å²) in [6.07, 6.45) is 0. The van der Waals surface area contributed by atoms with Crippen molar-refractivity contribution < 1.29 is 20.0 Å². The van der Waals surface area contributed by atoms with Crippen LogP contribution in [0, 0.1) is 17.0 Å². The van der Waals surface area contributed by atoms with Crippen LogP contribution in [0.2, 0.25) is 0 Å². The predicted molar refractivity (Wildman–Crippen MR) is 116 cm³/mol. The van der Waals surface area contributed by atoms with Gasteiger partial charge < -0.3 is 5.21 Å². The minimum Gasteiger partial charge on any atom is -0.595 e. The van der Waals surface area contributed by atoms with Gasteiger partial charge in [0, 0.05) is 12.0 Å². The average Bonchev–Trinajstić information content (AvgIpc) is 3.05. The van der Waals surface area contributed by atoms with E-state index in [1.54, 1.807) is 12.1 Å². The number of rotatable bonds is 2. The number of nitrogens with zero attached hydrogens (tertiary/aromatic N) is 1. The summed E-state index contributed by atoms with van der Waals surface area (Å²) in [6, 6.07) is 22.0. The number of carbonyl (C=O) groups is 2. The first kappa shape index (κ1) is 18.9. The van der Waals surface area contributed by atoms with Crippen LogP contribution in [0.3, 0.4) is 0 Å². The van der Waals surface area contributed by atoms with Crippen LogP contribution in [0.25, 0.3) is 0 Å². The topological polar surface area (TPSA) is 85.1 Å². The van der Waals surface area contributed by atoms with Crippen molar-refractivity contribution in [1.82, 2.24) is 0 Å². The van der Waals surface area contributed by atoms with Gasteiger partial charge in [-0.15, -0.1) is 0 Å². The van der Waals surface area contributed by atoms with Crippen LogP contribution in [0.15, 0.2) is 72.8 Å². The van der Waals surface area contributed by atoms with Crippen LogP contribution in [0.1, 0.15) is 28.2 Å². The van der Waals surface area contributed by atoms with Crippen LogP contribution < -0.4 is 10.1 Å². The van der Waals surface area contributed by atoms with E-state index in [0.717, 1.165) is 27.2 Å². The summed E-state index contributed by atoms with van der Waals surface area (Å²) in [5.74, 6) is -2.22. The monoisotopic (exact) mass is 476 g/mol. The van der Waals surface area contributed by atoms with E-state index < -0.39 is 21.4 Å². The number of hydrogen-bond donors (Lipinski definition) is 2. The molecule has 1 unspecified atom stereocenters. The van der Waals surface area contributed by atoms with Gasteiger partial charge in [-0.3, -0.25) is 9.59 Å². The van der Waals surface area contributed by atoms with Gasteiger partial charge >= 0.3 is 0 Å². The van der Waals surface area contributed by atoms with Gasteiger partial charge in [-0.2, -0.15) is 5.23 Å². The second-order valence-corrected chi connectivity index (χ2v) is 9.45. The molecule has 154 valence electrons. The highest BCUT2D eigenvalue weighted by Gasteiger charge is 2.67. The Kier molecular flexibility index (Phi) is 3.86. The highest BCUT2D eigenvalue weighted by molar-refractivity contribution is 9.09. The van der Waals surface area contributed by atoms with E-state index in [1.807, 2.05) is 48.5 Å². The minimum absolute atomic E-state index is 0.0613. The Morgan fingerprint density at radius 3 is 2.03 bits per heavy atom. The molecule has 2 bridgehead atoms. The normalized spacial score (nSPS) is 28.9. The molecule has 3 aromatic rings. The zero-order valence-electron chi connectivity index (χ0n) is 16.2. The van der Waals surface area contributed by atoms with Crippen molar-refractivity contribution in [3.8, 4) is 0 Å². The first-order chi connectivity index (χ1) is 15.0. The number of quaternary nitrogens is 1. The molecule has 1 aliphatic heterocycles.